The van der Waals surface area contributed by atoms with Gasteiger partial charge < -0.3 is 15.5 Å². The number of fused-ring (bicyclic) bond motifs is 7. The van der Waals surface area contributed by atoms with Gasteiger partial charge in [0.15, 0.2) is 0 Å². The van der Waals surface area contributed by atoms with E-state index < -0.39 is 11.9 Å². The van der Waals surface area contributed by atoms with Crippen molar-refractivity contribution in [2.75, 3.05) is 13.1 Å². The van der Waals surface area contributed by atoms with Gasteiger partial charge in [-0.15, -0.1) is 0 Å². The topological polar surface area (TPSA) is 86.6 Å². The predicted octanol–water partition coefficient (Wildman–Crippen LogP) is 8.57. The molecule has 5 aliphatic carbocycles. The lowest BCUT2D eigenvalue weighted by Crippen LogP contribution is -2.64. The molecular formula is C39H55NO4. The highest BCUT2D eigenvalue weighted by molar-refractivity contribution is 5.88. The first-order valence-corrected chi connectivity index (χ1v) is 17.3. The Morgan fingerprint density at radius 3 is 2.25 bits per heavy atom. The molecule has 6 rings (SSSR count). The van der Waals surface area contributed by atoms with Crippen molar-refractivity contribution in [2.45, 2.75) is 92.9 Å². The molecule has 0 radical (unpaired) electrons. The maximum Gasteiger partial charge on any atom is 0.335 e. The maximum absolute atomic E-state index is 11.5. The summed E-state index contributed by atoms with van der Waals surface area (Å²) in [4.78, 5) is 22.7. The fourth-order valence-corrected chi connectivity index (χ4v) is 12.9. The molecule has 3 N–H and O–H groups in total. The van der Waals surface area contributed by atoms with E-state index in [1.807, 2.05) is 12.1 Å². The zero-order valence-electron chi connectivity index (χ0n) is 27.9. The van der Waals surface area contributed by atoms with Gasteiger partial charge in [0.2, 0.25) is 0 Å². The van der Waals surface area contributed by atoms with Gasteiger partial charge in [-0.2, -0.15) is 0 Å². The molecule has 1 unspecified atom stereocenters. The molecule has 0 heterocycles. The van der Waals surface area contributed by atoms with Crippen molar-refractivity contribution in [3.05, 3.63) is 53.6 Å². The van der Waals surface area contributed by atoms with Gasteiger partial charge in [-0.3, -0.25) is 4.79 Å². The summed E-state index contributed by atoms with van der Waals surface area (Å²) in [5.41, 5.74) is 5.04. The van der Waals surface area contributed by atoms with E-state index in [1.54, 1.807) is 12.1 Å². The molecule has 10 atom stereocenters. The van der Waals surface area contributed by atoms with E-state index in [1.165, 1.54) is 61.7 Å². The smallest absolute Gasteiger partial charge is 0.335 e. The van der Waals surface area contributed by atoms with Crippen LogP contribution in [0.25, 0.3) is 5.57 Å². The van der Waals surface area contributed by atoms with Gasteiger partial charge in [0.25, 0.3) is 0 Å². The number of aromatic carboxylic acids is 1. The molecule has 0 saturated heterocycles. The molecule has 1 aromatic carbocycles. The minimum atomic E-state index is -0.872. The highest BCUT2D eigenvalue weighted by Crippen LogP contribution is 2.76. The number of rotatable bonds is 7. The molecule has 0 aliphatic heterocycles. The zero-order valence-corrected chi connectivity index (χ0v) is 27.9. The Bertz CT molecular complexity index is 1360. The van der Waals surface area contributed by atoms with E-state index in [2.05, 4.69) is 59.5 Å². The number of nitrogens with one attached hydrogen (secondary N) is 1. The van der Waals surface area contributed by atoms with Crippen LogP contribution in [0.3, 0.4) is 0 Å². The van der Waals surface area contributed by atoms with Crippen LogP contribution in [-0.4, -0.2) is 35.2 Å². The summed E-state index contributed by atoms with van der Waals surface area (Å²) in [5.74, 6) is 2.66. The third-order valence-corrected chi connectivity index (χ3v) is 14.8. The Morgan fingerprint density at radius 1 is 0.932 bits per heavy atom. The lowest BCUT2D eigenvalue weighted by atomic mass is 9.33. The Morgan fingerprint density at radius 2 is 1.61 bits per heavy atom. The van der Waals surface area contributed by atoms with E-state index in [0.717, 1.165) is 18.9 Å². The largest absolute Gasteiger partial charge is 0.480 e. The van der Waals surface area contributed by atoms with Gasteiger partial charge in [-0.25, -0.2) is 4.79 Å². The zero-order chi connectivity index (χ0) is 31.8. The van der Waals surface area contributed by atoms with Crippen LogP contribution in [0.5, 0.6) is 0 Å². The molecule has 5 nitrogen and oxygen atoms in total. The van der Waals surface area contributed by atoms with Crippen LogP contribution >= 0.6 is 0 Å². The first kappa shape index (κ1) is 31.6. The number of carboxylic acids is 2. The maximum atomic E-state index is 11.5. The first-order chi connectivity index (χ1) is 20.6. The minimum Gasteiger partial charge on any atom is -0.480 e. The van der Waals surface area contributed by atoms with E-state index in [0.29, 0.717) is 46.5 Å². The van der Waals surface area contributed by atoms with E-state index in [-0.39, 0.29) is 22.8 Å². The monoisotopic (exact) mass is 601 g/mol. The molecule has 0 aromatic heterocycles. The summed E-state index contributed by atoms with van der Waals surface area (Å²) < 4.78 is 0. The molecule has 5 heteroatoms. The Hall–Kier alpha value is -2.40. The average Bonchev–Trinajstić information content (AvgIpc) is 3.31. The fourth-order valence-electron chi connectivity index (χ4n) is 12.9. The number of allylic oxidation sites excluding steroid dienone is 3. The molecule has 1 aromatic rings. The molecule has 0 bridgehead atoms. The van der Waals surface area contributed by atoms with Crippen molar-refractivity contribution >= 4 is 17.5 Å². The van der Waals surface area contributed by atoms with Gasteiger partial charge in [-0.1, -0.05) is 65.0 Å². The van der Waals surface area contributed by atoms with E-state index in [9.17, 15) is 19.8 Å². The van der Waals surface area contributed by atoms with Crippen LogP contribution in [0.15, 0.2) is 42.5 Å². The predicted molar refractivity (Wildman–Crippen MR) is 176 cm³/mol. The molecule has 5 aliphatic rings. The van der Waals surface area contributed by atoms with Crippen LogP contribution in [0.1, 0.15) is 109 Å². The van der Waals surface area contributed by atoms with Crippen LogP contribution in [0.4, 0.5) is 0 Å². The minimum absolute atomic E-state index is 0.0150. The number of hydrogen-bond donors (Lipinski definition) is 3. The molecule has 4 saturated carbocycles. The van der Waals surface area contributed by atoms with Crippen LogP contribution in [-0.2, 0) is 4.79 Å². The van der Waals surface area contributed by atoms with Crippen molar-refractivity contribution in [3.63, 3.8) is 0 Å². The normalized spacial score (nSPS) is 42.2. The molecule has 240 valence electrons. The quantitative estimate of drug-likeness (QED) is 0.273. The van der Waals surface area contributed by atoms with Crippen molar-refractivity contribution in [1.29, 1.82) is 0 Å². The summed E-state index contributed by atoms with van der Waals surface area (Å²) in [7, 11) is 0. The second-order valence-corrected chi connectivity index (χ2v) is 16.9. The van der Waals surface area contributed by atoms with E-state index >= 15 is 0 Å². The van der Waals surface area contributed by atoms with Gasteiger partial charge in [0.05, 0.1) is 12.1 Å². The lowest BCUT2D eigenvalue weighted by molar-refractivity contribution is -0.215. The Balaban J connectivity index is 1.30. The number of carbonyl (C=O) groups is 2. The third-order valence-electron chi connectivity index (χ3n) is 14.8. The molecule has 4 fully saturated rings. The molecule has 0 spiro atoms. The summed E-state index contributed by atoms with van der Waals surface area (Å²) in [6, 6.07) is 7.54. The Labute approximate surface area is 265 Å². The standard InChI is InChI=1S/C39H55NO4/c1-23(2)33-27(21-40-22-32(41)42)20-26-14-18-38(6)29(34(26)33)12-13-31-37(5)17-15-28(24-8-10-25(11-9-24)35(43)44)36(3,4)30(37)16-19-39(31,38)7/h8-11,15,26-27,29-31,33-34,40H,1,12-14,16-22H2,2-7H3,(H,41,42)(H,43,44)/t26-,27?,29+,30-,31+,33-,34+,37-,38+,39+/m0/s1. The van der Waals surface area contributed by atoms with Gasteiger partial charge in [-0.05, 0) is 151 Å². The molecular weight excluding hydrogens is 546 g/mol. The summed E-state index contributed by atoms with van der Waals surface area (Å²) in [6.07, 6.45) is 12.5. The number of carboxylic acid groups (broad SMARTS) is 2. The fraction of sp³-hybridized carbons (Fsp3) is 0.692. The van der Waals surface area contributed by atoms with Crippen LogP contribution in [0.2, 0.25) is 0 Å². The molecule has 0 amide bonds. The average molecular weight is 602 g/mol. The third kappa shape index (κ3) is 4.57. The van der Waals surface area contributed by atoms with Crippen molar-refractivity contribution in [1.82, 2.24) is 5.32 Å². The van der Waals surface area contributed by atoms with Crippen molar-refractivity contribution in [3.8, 4) is 0 Å². The number of benzene rings is 1. The highest BCUT2D eigenvalue weighted by Gasteiger charge is 2.69. The van der Waals surface area contributed by atoms with Crippen LogP contribution in [0, 0.1) is 63.1 Å². The van der Waals surface area contributed by atoms with Crippen LogP contribution < -0.4 is 5.32 Å². The summed E-state index contributed by atoms with van der Waals surface area (Å²) in [5, 5.41) is 21.9. The SMILES string of the molecule is C=C(C)[C@H]1C(CNCC(=O)O)C[C@@H]2CC[C@]3(C)[C@H](CC[C@@H]4[C@@]5(C)CC=C(c6ccc(C(=O)O)cc6)C(C)(C)[C@@H]5CC[C@]43C)[C@@H]21. The van der Waals surface area contributed by atoms with Crippen molar-refractivity contribution in [2.24, 2.45) is 63.1 Å². The van der Waals surface area contributed by atoms with Crippen molar-refractivity contribution < 1.29 is 19.8 Å². The van der Waals surface area contributed by atoms with E-state index in [4.69, 9.17) is 0 Å². The molecule has 44 heavy (non-hydrogen) atoms. The summed E-state index contributed by atoms with van der Waals surface area (Å²) >= 11 is 0. The second kappa shape index (κ2) is 10.9. The first-order valence-electron chi connectivity index (χ1n) is 17.3. The Kier molecular flexibility index (Phi) is 7.79. The van der Waals surface area contributed by atoms with Gasteiger partial charge in [0.1, 0.15) is 0 Å². The number of hydrogen-bond acceptors (Lipinski definition) is 3. The van der Waals surface area contributed by atoms with Gasteiger partial charge >= 0.3 is 11.9 Å². The van der Waals surface area contributed by atoms with Gasteiger partial charge in [0, 0.05) is 0 Å². The summed E-state index contributed by atoms with van der Waals surface area (Å²) in [6.45, 7) is 20.4. The number of aliphatic carboxylic acids is 1. The lowest BCUT2D eigenvalue weighted by Gasteiger charge is -2.71. The second-order valence-electron chi connectivity index (χ2n) is 16.9. The highest BCUT2D eigenvalue weighted by atomic mass is 16.4.